The maximum Gasteiger partial charge on any atom is 0.387 e. The number of carbonyl (C=O) groups excluding carboxylic acids is 1. The van der Waals surface area contributed by atoms with Crippen molar-refractivity contribution in [2.45, 2.75) is 6.61 Å². The minimum absolute atomic E-state index is 0.0772. The number of thiophene rings is 1. The van der Waals surface area contributed by atoms with Crippen LogP contribution in [0.1, 0.15) is 10.4 Å². The summed E-state index contributed by atoms with van der Waals surface area (Å²) in [5.74, 6) is -0.206. The Morgan fingerprint density at radius 3 is 2.61 bits per heavy atom. The molecule has 0 saturated carbocycles. The minimum atomic E-state index is -2.88. The molecule has 1 unspecified atom stereocenters. The quantitative estimate of drug-likeness (QED) is 0.329. The lowest BCUT2D eigenvalue weighted by Crippen LogP contribution is -2.25. The Morgan fingerprint density at radius 2 is 1.94 bits per heavy atom. The van der Waals surface area contributed by atoms with E-state index in [4.69, 9.17) is 9.22 Å². The number of hydrogen-bond acceptors (Lipinski definition) is 5. The maximum atomic E-state index is 12.5. The zero-order valence-electron chi connectivity index (χ0n) is 17.4. The topological polar surface area (TPSA) is 61.7 Å². The van der Waals surface area contributed by atoms with E-state index in [-0.39, 0.29) is 11.7 Å². The van der Waals surface area contributed by atoms with Crippen LogP contribution in [0.4, 0.5) is 8.78 Å². The summed E-state index contributed by atoms with van der Waals surface area (Å²) in [6.45, 7) is -2.88. The van der Waals surface area contributed by atoms with E-state index in [0.717, 1.165) is 10.9 Å². The SMILES string of the molecule is CS1(NC(=O)c2ccc3c(ccn3-c3cccc(OC(F)F)c3)c2)C=COO1.c1ccsc1. The molecule has 5 rings (SSSR count). The van der Waals surface area contributed by atoms with Gasteiger partial charge in [-0.15, -0.1) is 4.33 Å². The smallest absolute Gasteiger partial charge is 0.387 e. The molecular weight excluding hydrogens is 470 g/mol. The molecule has 0 spiro atoms. The molecule has 0 radical (unpaired) electrons. The van der Waals surface area contributed by atoms with E-state index in [1.165, 1.54) is 18.4 Å². The number of amides is 1. The van der Waals surface area contributed by atoms with Crippen molar-refractivity contribution in [2.75, 3.05) is 6.26 Å². The molecule has 1 aliphatic heterocycles. The number of nitrogens with one attached hydrogen (secondary N) is 1. The number of benzene rings is 2. The van der Waals surface area contributed by atoms with Gasteiger partial charge in [0.05, 0.1) is 5.52 Å². The van der Waals surface area contributed by atoms with Crippen molar-refractivity contribution in [3.63, 3.8) is 0 Å². The summed E-state index contributed by atoms with van der Waals surface area (Å²) < 4.78 is 39.1. The average Bonchev–Trinajstić information content (AvgIpc) is 3.56. The first kappa shape index (κ1) is 22.8. The number of hydrogen-bond donors (Lipinski definition) is 1. The highest BCUT2D eigenvalue weighted by Crippen LogP contribution is 2.46. The van der Waals surface area contributed by atoms with Crippen molar-refractivity contribution in [3.05, 3.63) is 94.9 Å². The molecule has 2 aromatic heterocycles. The van der Waals surface area contributed by atoms with Gasteiger partial charge in [0.15, 0.2) is 0 Å². The summed E-state index contributed by atoms with van der Waals surface area (Å²) in [6.07, 6.45) is 4.94. The van der Waals surface area contributed by atoms with Crippen LogP contribution in [0.3, 0.4) is 0 Å². The van der Waals surface area contributed by atoms with Crippen LogP contribution in [0, 0.1) is 0 Å². The molecule has 1 amide bonds. The summed E-state index contributed by atoms with van der Waals surface area (Å²) in [6, 6.07) is 17.5. The van der Waals surface area contributed by atoms with E-state index in [9.17, 15) is 13.6 Å². The van der Waals surface area contributed by atoms with Crippen LogP contribution in [0.5, 0.6) is 5.75 Å². The number of alkyl halides is 2. The fourth-order valence-corrected chi connectivity index (χ4v) is 4.65. The monoisotopic (exact) mass is 490 g/mol. The van der Waals surface area contributed by atoms with Crippen LogP contribution in [0.15, 0.2) is 89.3 Å². The van der Waals surface area contributed by atoms with Crippen LogP contribution >= 0.6 is 21.8 Å². The molecule has 3 heterocycles. The molecule has 6 nitrogen and oxygen atoms in total. The van der Waals surface area contributed by atoms with E-state index in [0.29, 0.717) is 11.3 Å². The van der Waals surface area contributed by atoms with Crippen LogP contribution < -0.4 is 9.46 Å². The second-order valence-electron chi connectivity index (χ2n) is 6.90. The Labute approximate surface area is 194 Å². The van der Waals surface area contributed by atoms with Crippen LogP contribution in [0.2, 0.25) is 0 Å². The zero-order valence-corrected chi connectivity index (χ0v) is 19.0. The van der Waals surface area contributed by atoms with Crippen molar-refractivity contribution in [2.24, 2.45) is 0 Å². The minimum Gasteiger partial charge on any atom is -0.435 e. The Balaban J connectivity index is 0.000000459. The predicted octanol–water partition coefficient (Wildman–Crippen LogP) is 6.41. The molecule has 172 valence electrons. The molecule has 0 bridgehead atoms. The zero-order chi connectivity index (χ0) is 23.3. The Morgan fingerprint density at radius 1 is 1.12 bits per heavy atom. The van der Waals surface area contributed by atoms with Gasteiger partial charge >= 0.3 is 6.61 Å². The summed E-state index contributed by atoms with van der Waals surface area (Å²) in [5.41, 5.74) is 1.96. The maximum absolute atomic E-state index is 12.5. The van der Waals surface area contributed by atoms with Gasteiger partial charge in [-0.05, 0) is 47.2 Å². The number of nitrogens with zero attached hydrogens (tertiary/aromatic N) is 1. The fourth-order valence-electron chi connectivity index (χ4n) is 3.09. The number of ether oxygens (including phenoxy) is 1. The van der Waals surface area contributed by atoms with E-state index in [1.54, 1.807) is 59.5 Å². The molecule has 4 aromatic rings. The van der Waals surface area contributed by atoms with Crippen molar-refractivity contribution in [1.29, 1.82) is 0 Å². The first-order chi connectivity index (χ1) is 15.9. The third kappa shape index (κ3) is 5.72. The molecule has 1 N–H and O–H groups in total. The largest absolute Gasteiger partial charge is 0.435 e. The summed E-state index contributed by atoms with van der Waals surface area (Å²) >= 11 is 1.71. The fraction of sp³-hybridized carbons (Fsp3) is 0.0870. The molecule has 0 aliphatic carbocycles. The molecule has 33 heavy (non-hydrogen) atoms. The number of fused-ring (bicyclic) bond motifs is 1. The van der Waals surface area contributed by atoms with Crippen molar-refractivity contribution in [3.8, 4) is 11.4 Å². The predicted molar refractivity (Wildman–Crippen MR) is 127 cm³/mol. The molecule has 0 saturated heterocycles. The molecular formula is C23H20F2N2O4S2. The lowest BCUT2D eigenvalue weighted by Gasteiger charge is -2.24. The van der Waals surface area contributed by atoms with Crippen molar-refractivity contribution in [1.82, 2.24) is 9.29 Å². The normalized spacial score (nSPS) is 18.8. The van der Waals surface area contributed by atoms with Gasteiger partial charge in [-0.1, -0.05) is 18.2 Å². The first-order valence-corrected chi connectivity index (χ1v) is 12.7. The third-order valence-corrected chi connectivity index (χ3v) is 6.76. The van der Waals surface area contributed by atoms with E-state index >= 15 is 0 Å². The van der Waals surface area contributed by atoms with Gasteiger partial charge in [0.25, 0.3) is 5.91 Å². The standard InChI is InChI=1S/C19H16F2N2O4S.C4H4S/c1-28(10-9-25-27-28)22-18(24)14-5-6-17-13(11-14)7-8-23(17)15-3-2-4-16(12-15)26-19(20)21;1-2-4-5-3-1/h2-12,19H,1H3,(H,22,24);1-4H. The molecule has 2 aromatic carbocycles. The van der Waals surface area contributed by atoms with Gasteiger partial charge in [-0.25, -0.2) is 0 Å². The molecule has 0 fully saturated rings. The number of aromatic nitrogens is 1. The van der Waals surface area contributed by atoms with Gasteiger partial charge in [0.1, 0.15) is 12.0 Å². The second-order valence-corrected chi connectivity index (χ2v) is 10.1. The Hall–Kier alpha value is -3.34. The van der Waals surface area contributed by atoms with E-state index in [1.807, 2.05) is 33.5 Å². The summed E-state index contributed by atoms with van der Waals surface area (Å²) in [5, 5.41) is 6.58. The number of carbonyl (C=O) groups is 1. The lowest BCUT2D eigenvalue weighted by atomic mass is 10.1. The summed E-state index contributed by atoms with van der Waals surface area (Å²) in [7, 11) is -1.94. The highest BCUT2D eigenvalue weighted by molar-refractivity contribution is 8.30. The molecule has 10 heteroatoms. The number of halogens is 2. The lowest BCUT2D eigenvalue weighted by molar-refractivity contribution is -0.127. The van der Waals surface area contributed by atoms with Gasteiger partial charge in [0.2, 0.25) is 0 Å². The van der Waals surface area contributed by atoms with Gasteiger partial charge in [-0.3, -0.25) is 9.52 Å². The molecule has 1 atom stereocenters. The van der Waals surface area contributed by atoms with Crippen molar-refractivity contribution < 1.29 is 27.5 Å². The first-order valence-electron chi connectivity index (χ1n) is 9.69. The summed E-state index contributed by atoms with van der Waals surface area (Å²) in [4.78, 5) is 17.3. The van der Waals surface area contributed by atoms with E-state index in [2.05, 4.69) is 9.46 Å². The van der Waals surface area contributed by atoms with Crippen LogP contribution in [-0.2, 0) is 9.22 Å². The Bertz CT molecular complexity index is 1240. The second kappa shape index (κ2) is 10.1. The van der Waals surface area contributed by atoms with Crippen LogP contribution in [0.25, 0.3) is 16.6 Å². The van der Waals surface area contributed by atoms with Gasteiger partial charge in [-0.2, -0.15) is 20.1 Å². The van der Waals surface area contributed by atoms with Crippen LogP contribution in [-0.4, -0.2) is 23.3 Å². The third-order valence-electron chi connectivity index (χ3n) is 4.55. The molecule has 1 aliphatic rings. The number of rotatable bonds is 5. The van der Waals surface area contributed by atoms with E-state index < -0.39 is 17.1 Å². The van der Waals surface area contributed by atoms with Gasteiger partial charge in [0, 0.05) is 51.1 Å². The Kier molecular flexibility index (Phi) is 6.97. The van der Waals surface area contributed by atoms with Crippen molar-refractivity contribution >= 4 is 38.6 Å². The average molecular weight is 491 g/mol. The highest BCUT2D eigenvalue weighted by Gasteiger charge is 2.25. The van der Waals surface area contributed by atoms with Gasteiger partial charge < -0.3 is 14.2 Å². The highest BCUT2D eigenvalue weighted by atomic mass is 32.3.